The van der Waals surface area contributed by atoms with Crippen molar-refractivity contribution in [3.8, 4) is 21.7 Å². The maximum absolute atomic E-state index is 13.7. The number of pyridine rings is 2. The molecule has 34 heavy (non-hydrogen) atoms. The van der Waals surface area contributed by atoms with Crippen molar-refractivity contribution in [3.05, 3.63) is 89.2 Å². The van der Waals surface area contributed by atoms with Gasteiger partial charge in [0.15, 0.2) is 0 Å². The van der Waals surface area contributed by atoms with Gasteiger partial charge in [-0.15, -0.1) is 11.3 Å². The molecule has 168 valence electrons. The fourth-order valence-corrected chi connectivity index (χ4v) is 5.42. The summed E-state index contributed by atoms with van der Waals surface area (Å²) in [5, 5.41) is 3.08. The van der Waals surface area contributed by atoms with Crippen LogP contribution in [0.4, 0.5) is 5.69 Å². The van der Waals surface area contributed by atoms with Gasteiger partial charge in [-0.05, 0) is 61.2 Å². The van der Waals surface area contributed by atoms with Crippen molar-refractivity contribution in [1.29, 1.82) is 0 Å². The molecule has 1 aromatic carbocycles. The molecule has 6 rings (SSSR count). The van der Waals surface area contributed by atoms with Gasteiger partial charge < -0.3 is 10.2 Å². The molecule has 0 unspecified atom stereocenters. The third-order valence-electron chi connectivity index (χ3n) is 6.16. The number of nitrogens with one attached hydrogen (secondary N) is 1. The molecule has 0 saturated heterocycles. The highest BCUT2D eigenvalue weighted by molar-refractivity contribution is 7.17. The van der Waals surface area contributed by atoms with Crippen molar-refractivity contribution >= 4 is 28.8 Å². The van der Waals surface area contributed by atoms with Gasteiger partial charge in [-0.2, -0.15) is 0 Å². The molecule has 1 aliphatic heterocycles. The van der Waals surface area contributed by atoms with Crippen LogP contribution in [0.2, 0.25) is 0 Å². The van der Waals surface area contributed by atoms with Crippen LogP contribution < -0.4 is 10.2 Å². The molecule has 2 amide bonds. The topological polar surface area (TPSA) is 75.2 Å². The van der Waals surface area contributed by atoms with E-state index in [-0.39, 0.29) is 11.8 Å². The molecule has 0 bridgehead atoms. The zero-order valence-electron chi connectivity index (χ0n) is 18.4. The third kappa shape index (κ3) is 3.88. The summed E-state index contributed by atoms with van der Waals surface area (Å²) >= 11 is 1.51. The van der Waals surface area contributed by atoms with E-state index in [1.165, 1.54) is 11.3 Å². The normalized spacial score (nSPS) is 14.6. The molecular weight excluding hydrogens is 444 g/mol. The van der Waals surface area contributed by atoms with Gasteiger partial charge in [0.05, 0.1) is 16.3 Å². The Kier molecular flexibility index (Phi) is 5.19. The summed E-state index contributed by atoms with van der Waals surface area (Å²) in [5.74, 6) is -0.137. The largest absolute Gasteiger partial charge is 0.349 e. The van der Waals surface area contributed by atoms with Crippen LogP contribution in [0.25, 0.3) is 21.7 Å². The molecule has 0 radical (unpaired) electrons. The first-order chi connectivity index (χ1) is 16.7. The molecule has 6 nitrogen and oxygen atoms in total. The van der Waals surface area contributed by atoms with Crippen molar-refractivity contribution in [2.75, 3.05) is 11.4 Å². The van der Waals surface area contributed by atoms with Crippen LogP contribution in [0.5, 0.6) is 0 Å². The zero-order valence-corrected chi connectivity index (χ0v) is 19.2. The summed E-state index contributed by atoms with van der Waals surface area (Å²) in [7, 11) is 0. The van der Waals surface area contributed by atoms with E-state index in [4.69, 9.17) is 0 Å². The molecule has 4 aromatic rings. The summed E-state index contributed by atoms with van der Waals surface area (Å²) in [5.41, 5.74) is 4.90. The van der Waals surface area contributed by atoms with Gasteiger partial charge in [0.25, 0.3) is 11.8 Å². The first kappa shape index (κ1) is 20.7. The second-order valence-electron chi connectivity index (χ2n) is 8.59. The van der Waals surface area contributed by atoms with E-state index in [0.29, 0.717) is 30.4 Å². The molecule has 3 aromatic heterocycles. The summed E-state index contributed by atoms with van der Waals surface area (Å²) in [6.07, 6.45) is 6.25. The van der Waals surface area contributed by atoms with E-state index in [0.717, 1.165) is 45.0 Å². The number of benzene rings is 1. The lowest BCUT2D eigenvalue weighted by Gasteiger charge is -2.23. The Morgan fingerprint density at radius 1 is 1.03 bits per heavy atom. The Bertz CT molecular complexity index is 1390. The molecule has 1 saturated carbocycles. The molecule has 0 spiro atoms. The van der Waals surface area contributed by atoms with Gasteiger partial charge >= 0.3 is 0 Å². The summed E-state index contributed by atoms with van der Waals surface area (Å²) in [6.45, 7) is 0.516. The van der Waals surface area contributed by atoms with Crippen LogP contribution in [-0.2, 0) is 6.42 Å². The maximum atomic E-state index is 13.7. The SMILES string of the molecule is O=C(NC1CC1)c1cc2c(s1)-c1ccccc1N(C(=O)c1cccc(-c3cccnc3)n1)CC2. The van der Waals surface area contributed by atoms with E-state index < -0.39 is 0 Å². The van der Waals surface area contributed by atoms with Gasteiger partial charge in [-0.25, -0.2) is 4.98 Å². The molecule has 1 N–H and O–H groups in total. The van der Waals surface area contributed by atoms with Gasteiger partial charge in [-0.3, -0.25) is 14.6 Å². The first-order valence-corrected chi connectivity index (χ1v) is 12.2. The predicted octanol–water partition coefficient (Wildman–Crippen LogP) is 4.97. The maximum Gasteiger partial charge on any atom is 0.276 e. The van der Waals surface area contributed by atoms with E-state index in [1.807, 2.05) is 54.6 Å². The minimum absolute atomic E-state index is 0.00223. The molecule has 1 fully saturated rings. The van der Waals surface area contributed by atoms with Crippen LogP contribution in [0.15, 0.2) is 73.1 Å². The number of para-hydroxylation sites is 1. The summed E-state index contributed by atoms with van der Waals surface area (Å²) in [6, 6.07) is 19.5. The molecular formula is C27H22N4O2S. The van der Waals surface area contributed by atoms with Crippen LogP contribution in [0, 0.1) is 0 Å². The highest BCUT2D eigenvalue weighted by Gasteiger charge is 2.29. The third-order valence-corrected chi connectivity index (χ3v) is 7.37. The quantitative estimate of drug-likeness (QED) is 0.461. The number of nitrogens with zero attached hydrogens (tertiary/aromatic N) is 3. The average Bonchev–Trinajstić information content (AvgIpc) is 3.63. The fraction of sp³-hybridized carbons (Fsp3) is 0.185. The van der Waals surface area contributed by atoms with Crippen molar-refractivity contribution in [2.24, 2.45) is 0 Å². The van der Waals surface area contributed by atoms with Crippen molar-refractivity contribution in [1.82, 2.24) is 15.3 Å². The minimum atomic E-state index is -0.139. The number of fused-ring (bicyclic) bond motifs is 3. The van der Waals surface area contributed by atoms with E-state index >= 15 is 0 Å². The average molecular weight is 467 g/mol. The van der Waals surface area contributed by atoms with Crippen LogP contribution in [-0.4, -0.2) is 34.4 Å². The van der Waals surface area contributed by atoms with Crippen LogP contribution in [0.3, 0.4) is 0 Å². The van der Waals surface area contributed by atoms with Gasteiger partial charge in [0.2, 0.25) is 0 Å². The number of carbonyl (C=O) groups excluding carboxylic acids is 2. The lowest BCUT2D eigenvalue weighted by molar-refractivity contribution is 0.0952. The number of hydrogen-bond donors (Lipinski definition) is 1. The zero-order chi connectivity index (χ0) is 23.1. The number of rotatable bonds is 4. The second-order valence-corrected chi connectivity index (χ2v) is 9.64. The van der Waals surface area contributed by atoms with Crippen LogP contribution in [0.1, 0.15) is 38.6 Å². The van der Waals surface area contributed by atoms with Gasteiger partial charge in [0.1, 0.15) is 5.69 Å². The summed E-state index contributed by atoms with van der Waals surface area (Å²) in [4.78, 5) is 38.7. The van der Waals surface area contributed by atoms with Crippen molar-refractivity contribution < 1.29 is 9.59 Å². The monoisotopic (exact) mass is 466 g/mol. The van der Waals surface area contributed by atoms with Gasteiger partial charge in [-0.1, -0.05) is 24.3 Å². The Morgan fingerprint density at radius 3 is 2.74 bits per heavy atom. The molecule has 0 atom stereocenters. The number of thiophene rings is 1. The number of carbonyl (C=O) groups is 2. The highest BCUT2D eigenvalue weighted by atomic mass is 32.1. The fourth-order valence-electron chi connectivity index (χ4n) is 4.27. The highest BCUT2D eigenvalue weighted by Crippen LogP contribution is 2.42. The predicted molar refractivity (Wildman–Crippen MR) is 133 cm³/mol. The molecule has 1 aliphatic carbocycles. The van der Waals surface area contributed by atoms with Crippen LogP contribution >= 0.6 is 11.3 Å². The standard InChI is InChI=1S/C27H22N4O2S/c32-26(29-19-10-11-19)24-15-17-12-14-31(23-9-2-1-6-20(23)25(17)34-24)27(33)22-8-3-7-21(30-22)18-5-4-13-28-16-18/h1-9,13,15-16,19H,10-12,14H2,(H,29,32). The molecule has 7 heteroatoms. The summed E-state index contributed by atoms with van der Waals surface area (Å²) < 4.78 is 0. The minimum Gasteiger partial charge on any atom is -0.349 e. The number of aromatic nitrogens is 2. The van der Waals surface area contributed by atoms with E-state index in [9.17, 15) is 9.59 Å². The first-order valence-electron chi connectivity index (χ1n) is 11.4. The van der Waals surface area contributed by atoms with Gasteiger partial charge in [0, 0.05) is 41.0 Å². The number of amides is 2. The van der Waals surface area contributed by atoms with Crippen molar-refractivity contribution in [3.63, 3.8) is 0 Å². The smallest absolute Gasteiger partial charge is 0.276 e. The lowest BCUT2D eigenvalue weighted by Crippen LogP contribution is -2.33. The molecule has 2 aliphatic rings. The lowest BCUT2D eigenvalue weighted by atomic mass is 10.1. The Hall–Kier alpha value is -3.84. The number of hydrogen-bond acceptors (Lipinski definition) is 5. The Morgan fingerprint density at radius 2 is 1.91 bits per heavy atom. The second kappa shape index (κ2) is 8.50. The van der Waals surface area contributed by atoms with Crippen molar-refractivity contribution in [2.45, 2.75) is 25.3 Å². The van der Waals surface area contributed by atoms with E-state index in [2.05, 4.69) is 15.3 Å². The Balaban J connectivity index is 1.34. The Labute approximate surface area is 201 Å². The van der Waals surface area contributed by atoms with E-state index in [1.54, 1.807) is 23.4 Å². The number of anilines is 1. The molecule has 4 heterocycles.